The van der Waals surface area contributed by atoms with E-state index in [1.165, 1.54) is 0 Å². The van der Waals surface area contributed by atoms with Gasteiger partial charge in [-0.05, 0) is 12.8 Å². The minimum atomic E-state index is -1.55. The molecule has 0 aliphatic rings. The molecule has 1 rings (SSSR count). The Labute approximate surface area is 102 Å². The second-order valence-electron chi connectivity index (χ2n) is 3.84. The molecule has 18 heavy (non-hydrogen) atoms. The van der Waals surface area contributed by atoms with Gasteiger partial charge < -0.3 is 10.2 Å². The van der Waals surface area contributed by atoms with Crippen LogP contribution in [-0.2, 0) is 6.42 Å². The minimum absolute atomic E-state index is 0.00205. The molecule has 0 fully saturated rings. The molecule has 6 heteroatoms. The molecule has 100 valence electrons. The Morgan fingerprint density at radius 3 is 2.28 bits per heavy atom. The highest BCUT2D eigenvalue weighted by Crippen LogP contribution is 2.36. The fourth-order valence-corrected chi connectivity index (χ4v) is 1.62. The number of hydrogen-bond acceptors (Lipinski definition) is 3. The van der Waals surface area contributed by atoms with Gasteiger partial charge in [0.25, 0.3) is 0 Å². The van der Waals surface area contributed by atoms with Crippen LogP contribution in [0, 0.1) is 11.6 Å². The molecule has 0 atom stereocenters. The van der Waals surface area contributed by atoms with Crippen LogP contribution in [0.5, 0.6) is 11.5 Å². The lowest BCUT2D eigenvalue weighted by Crippen LogP contribution is -2.09. The number of ketones is 1. The number of alkyl halides is 1. The second-order valence-corrected chi connectivity index (χ2v) is 3.84. The van der Waals surface area contributed by atoms with Gasteiger partial charge in [-0.3, -0.25) is 4.79 Å². The maximum atomic E-state index is 13.9. The Bertz CT molecular complexity index is 472. The summed E-state index contributed by atoms with van der Waals surface area (Å²) in [6.45, 7) is 0.251. The number of phenolic OH excluding ortho intramolecular Hbond substituents is 2. The second kappa shape index (κ2) is 5.75. The molecule has 0 spiro atoms. The third-order valence-electron chi connectivity index (χ3n) is 2.60. The van der Waals surface area contributed by atoms with E-state index in [4.69, 9.17) is 0 Å². The molecule has 0 aliphatic heterocycles. The zero-order valence-corrected chi connectivity index (χ0v) is 9.76. The van der Waals surface area contributed by atoms with Crippen LogP contribution in [0.2, 0.25) is 0 Å². The first-order chi connectivity index (χ1) is 8.45. The molecule has 0 heterocycles. The van der Waals surface area contributed by atoms with Crippen molar-refractivity contribution in [1.29, 1.82) is 0 Å². The van der Waals surface area contributed by atoms with Crippen molar-refractivity contribution in [3.05, 3.63) is 22.8 Å². The zero-order chi connectivity index (χ0) is 13.9. The van der Waals surface area contributed by atoms with E-state index in [0.717, 1.165) is 0 Å². The van der Waals surface area contributed by atoms with Crippen LogP contribution in [0.25, 0.3) is 0 Å². The van der Waals surface area contributed by atoms with Crippen LogP contribution in [0.15, 0.2) is 0 Å². The van der Waals surface area contributed by atoms with Crippen LogP contribution in [0.4, 0.5) is 13.2 Å². The van der Waals surface area contributed by atoms with Crippen molar-refractivity contribution in [1.82, 2.24) is 0 Å². The quantitative estimate of drug-likeness (QED) is 0.802. The van der Waals surface area contributed by atoms with E-state index in [0.29, 0.717) is 12.8 Å². The molecule has 2 N–H and O–H groups in total. The fraction of sp³-hybridized carbons (Fsp3) is 0.417. The molecule has 1 aromatic rings. The monoisotopic (exact) mass is 262 g/mol. The van der Waals surface area contributed by atoms with Crippen LogP contribution >= 0.6 is 0 Å². The van der Waals surface area contributed by atoms with E-state index >= 15 is 0 Å². The summed E-state index contributed by atoms with van der Waals surface area (Å²) in [6, 6.07) is 0. The van der Waals surface area contributed by atoms with E-state index in [9.17, 15) is 28.2 Å². The van der Waals surface area contributed by atoms with E-state index < -0.39 is 46.7 Å². The maximum absolute atomic E-state index is 13.9. The van der Waals surface area contributed by atoms with Crippen LogP contribution < -0.4 is 0 Å². The highest BCUT2D eigenvalue weighted by molar-refractivity contribution is 6.00. The van der Waals surface area contributed by atoms with Crippen molar-refractivity contribution in [3.8, 4) is 11.5 Å². The summed E-state index contributed by atoms with van der Waals surface area (Å²) < 4.78 is 39.5. The van der Waals surface area contributed by atoms with E-state index in [2.05, 4.69) is 0 Å². The summed E-state index contributed by atoms with van der Waals surface area (Å²) in [5.74, 6) is -6.51. The number of rotatable bonds is 5. The smallest absolute Gasteiger partial charge is 0.207 e. The molecule has 0 unspecified atom stereocenters. The summed E-state index contributed by atoms with van der Waals surface area (Å²) in [5.41, 5.74) is -1.46. The molecule has 0 amide bonds. The van der Waals surface area contributed by atoms with E-state index in [-0.39, 0.29) is 6.42 Å². The van der Waals surface area contributed by atoms with Crippen molar-refractivity contribution < 1.29 is 28.2 Å². The van der Waals surface area contributed by atoms with E-state index in [1.54, 1.807) is 6.92 Å². The number of benzene rings is 1. The largest absolute Gasteiger partial charge is 0.504 e. The Kier molecular flexibility index (Phi) is 4.58. The predicted octanol–water partition coefficient (Wildman–Crippen LogP) is 2.87. The molecule has 0 aliphatic carbocycles. The number of hydrogen-bond donors (Lipinski definition) is 2. The summed E-state index contributed by atoms with van der Waals surface area (Å²) in [7, 11) is 0. The van der Waals surface area contributed by atoms with Crippen molar-refractivity contribution in [2.75, 3.05) is 6.67 Å². The normalized spacial score (nSPS) is 10.7. The molecule has 0 saturated carbocycles. The molecule has 1 aromatic carbocycles. The maximum Gasteiger partial charge on any atom is 0.207 e. The first kappa shape index (κ1) is 14.3. The van der Waals surface area contributed by atoms with Gasteiger partial charge >= 0.3 is 0 Å². The number of phenols is 2. The molecule has 0 bridgehead atoms. The molecule has 0 aromatic heterocycles. The lowest BCUT2D eigenvalue weighted by Gasteiger charge is -2.12. The van der Waals surface area contributed by atoms with Gasteiger partial charge in [-0.25, -0.2) is 8.78 Å². The topological polar surface area (TPSA) is 57.5 Å². The number of aromatic hydroxyl groups is 2. The third kappa shape index (κ3) is 2.42. The van der Waals surface area contributed by atoms with Gasteiger partial charge in [0, 0.05) is 5.56 Å². The SMILES string of the molecule is CCCCc1c(O)c(F)c(O)c(C(=O)CF)c1F. The number of carbonyl (C=O) groups excluding carboxylic acids is 1. The first-order valence-electron chi connectivity index (χ1n) is 5.46. The molecular weight excluding hydrogens is 249 g/mol. The Morgan fingerprint density at radius 1 is 1.17 bits per heavy atom. The highest BCUT2D eigenvalue weighted by Gasteiger charge is 2.27. The number of unbranched alkanes of at least 4 members (excludes halogenated alkanes) is 1. The molecular formula is C12H13F3O3. The van der Waals surface area contributed by atoms with Crippen LogP contribution in [0.3, 0.4) is 0 Å². The van der Waals surface area contributed by atoms with Gasteiger partial charge in [0.2, 0.25) is 11.6 Å². The summed E-state index contributed by atoms with van der Waals surface area (Å²) in [6.07, 6.45) is 1.11. The van der Waals surface area contributed by atoms with Gasteiger partial charge in [0.05, 0.1) is 0 Å². The number of carbonyl (C=O) groups is 1. The van der Waals surface area contributed by atoms with Crippen molar-refractivity contribution in [2.45, 2.75) is 26.2 Å². The zero-order valence-electron chi connectivity index (χ0n) is 9.76. The Balaban J connectivity index is 3.44. The molecule has 0 radical (unpaired) electrons. The van der Waals surface area contributed by atoms with Crippen molar-refractivity contribution >= 4 is 5.78 Å². The van der Waals surface area contributed by atoms with Gasteiger partial charge in [0.1, 0.15) is 11.4 Å². The van der Waals surface area contributed by atoms with Crippen LogP contribution in [0.1, 0.15) is 35.7 Å². The number of Topliss-reactive ketones (excluding diaryl/α,β-unsaturated/α-hetero) is 1. The average molecular weight is 262 g/mol. The first-order valence-corrected chi connectivity index (χ1v) is 5.46. The molecule has 0 saturated heterocycles. The van der Waals surface area contributed by atoms with E-state index in [1.807, 2.05) is 0 Å². The van der Waals surface area contributed by atoms with Gasteiger partial charge in [-0.15, -0.1) is 0 Å². The fourth-order valence-electron chi connectivity index (χ4n) is 1.62. The Hall–Kier alpha value is -1.72. The third-order valence-corrected chi connectivity index (χ3v) is 2.60. The Morgan fingerprint density at radius 2 is 1.78 bits per heavy atom. The van der Waals surface area contributed by atoms with Gasteiger partial charge in [-0.1, -0.05) is 13.3 Å². The lowest BCUT2D eigenvalue weighted by molar-refractivity contribution is 0.0950. The highest BCUT2D eigenvalue weighted by atomic mass is 19.1. The van der Waals surface area contributed by atoms with Crippen molar-refractivity contribution in [3.63, 3.8) is 0 Å². The summed E-state index contributed by atoms with van der Waals surface area (Å²) in [4.78, 5) is 11.1. The number of halogens is 3. The minimum Gasteiger partial charge on any atom is -0.504 e. The van der Waals surface area contributed by atoms with Gasteiger partial charge in [-0.2, -0.15) is 4.39 Å². The van der Waals surface area contributed by atoms with Gasteiger partial charge in [0.15, 0.2) is 18.2 Å². The van der Waals surface area contributed by atoms with Crippen LogP contribution in [-0.4, -0.2) is 22.7 Å². The lowest BCUT2D eigenvalue weighted by atomic mass is 9.99. The van der Waals surface area contributed by atoms with Crippen molar-refractivity contribution in [2.24, 2.45) is 0 Å². The summed E-state index contributed by atoms with van der Waals surface area (Å²) >= 11 is 0. The molecule has 3 nitrogen and oxygen atoms in total. The standard InChI is InChI=1S/C12H13F3O3/c1-2-3-4-6-9(14)8(7(16)5-13)12(18)10(15)11(6)17/h17-18H,2-5H2,1H3. The predicted molar refractivity (Wildman–Crippen MR) is 58.6 cm³/mol. The average Bonchev–Trinajstić information content (AvgIpc) is 2.36. The summed E-state index contributed by atoms with van der Waals surface area (Å²) in [5, 5.41) is 18.6.